The van der Waals surface area contributed by atoms with Gasteiger partial charge in [-0.3, -0.25) is 9.20 Å². The standard InChI is InChI=1S/C37H24N2O/c40-37-29-13-7-8-14-32(29)38-33-19-15-25(23-9-3-1-4-10-23)21-30(33)27-17-18-28-31-22-26(24-11-5-2-6-12-24)16-20-34(31)39(37)36(28)35(27)38/h1-6,8-12,14-22H,7,13H2. The minimum Gasteiger partial charge on any atom is -0.307 e. The maximum Gasteiger partial charge on any atom is 0.260 e. The zero-order valence-corrected chi connectivity index (χ0v) is 21.8. The molecule has 0 amide bonds. The summed E-state index contributed by atoms with van der Waals surface area (Å²) in [7, 11) is 0. The molecule has 9 rings (SSSR count). The Morgan fingerprint density at radius 3 is 1.68 bits per heavy atom. The van der Waals surface area contributed by atoms with Gasteiger partial charge in [-0.15, -0.1) is 0 Å². The SMILES string of the molecule is O=c1c2c(n3c4ccc(-c5ccccc5)cc4c4ccc5c6cc(-c7ccccc7)ccc6n1c5c43)C=CCC2. The molecule has 40 heavy (non-hydrogen) atoms. The molecule has 1 aliphatic rings. The second kappa shape index (κ2) is 7.93. The van der Waals surface area contributed by atoms with E-state index in [-0.39, 0.29) is 5.56 Å². The summed E-state index contributed by atoms with van der Waals surface area (Å²) in [6.45, 7) is 0. The van der Waals surface area contributed by atoms with Crippen molar-refractivity contribution in [1.29, 1.82) is 0 Å². The molecule has 3 nitrogen and oxygen atoms in total. The van der Waals surface area contributed by atoms with Crippen molar-refractivity contribution in [2.75, 3.05) is 0 Å². The molecule has 0 fully saturated rings. The van der Waals surface area contributed by atoms with Crippen LogP contribution in [0.1, 0.15) is 17.7 Å². The summed E-state index contributed by atoms with van der Waals surface area (Å²) in [6, 6.07) is 38.8. The number of benzene rings is 5. The van der Waals surface area contributed by atoms with Crippen molar-refractivity contribution in [2.24, 2.45) is 0 Å². The monoisotopic (exact) mass is 512 g/mol. The molecule has 0 atom stereocenters. The highest BCUT2D eigenvalue weighted by atomic mass is 16.1. The van der Waals surface area contributed by atoms with Crippen LogP contribution in [0.25, 0.3) is 71.9 Å². The molecule has 3 heteroatoms. The van der Waals surface area contributed by atoms with Gasteiger partial charge >= 0.3 is 0 Å². The first kappa shape index (κ1) is 21.7. The van der Waals surface area contributed by atoms with E-state index in [2.05, 4.69) is 120 Å². The molecule has 0 unspecified atom stereocenters. The lowest BCUT2D eigenvalue weighted by molar-refractivity contribution is 0.935. The maximum absolute atomic E-state index is 14.4. The summed E-state index contributed by atoms with van der Waals surface area (Å²) < 4.78 is 4.35. The van der Waals surface area contributed by atoms with E-state index in [0.29, 0.717) is 0 Å². The van der Waals surface area contributed by atoms with Gasteiger partial charge in [-0.05, 0) is 65.4 Å². The second-order valence-electron chi connectivity index (χ2n) is 10.8. The first-order valence-electron chi connectivity index (χ1n) is 13.9. The van der Waals surface area contributed by atoms with Crippen LogP contribution in [0.15, 0.2) is 120 Å². The summed E-state index contributed by atoms with van der Waals surface area (Å²) in [5, 5.41) is 4.61. The average Bonchev–Trinajstić information content (AvgIpc) is 3.50. The fraction of sp³-hybridized carbons (Fsp3) is 0.0541. The number of fused-ring (bicyclic) bond motifs is 8. The van der Waals surface area contributed by atoms with E-state index in [1.54, 1.807) is 0 Å². The van der Waals surface area contributed by atoms with Crippen LogP contribution < -0.4 is 5.56 Å². The van der Waals surface area contributed by atoms with Crippen molar-refractivity contribution in [3.63, 3.8) is 0 Å². The van der Waals surface area contributed by atoms with Gasteiger partial charge in [-0.1, -0.05) is 91.0 Å². The van der Waals surface area contributed by atoms with E-state index in [4.69, 9.17) is 0 Å². The number of allylic oxidation sites excluding steroid dienone is 1. The van der Waals surface area contributed by atoms with E-state index in [1.807, 2.05) is 10.5 Å². The third-order valence-electron chi connectivity index (χ3n) is 8.72. The molecule has 5 aromatic carbocycles. The Labute approximate surface area is 230 Å². The molecule has 0 aliphatic heterocycles. The predicted octanol–water partition coefficient (Wildman–Crippen LogP) is 8.74. The van der Waals surface area contributed by atoms with Crippen molar-refractivity contribution in [1.82, 2.24) is 8.80 Å². The molecule has 0 N–H and O–H groups in total. The third kappa shape index (κ3) is 2.81. The van der Waals surface area contributed by atoms with Gasteiger partial charge in [0.1, 0.15) is 0 Å². The van der Waals surface area contributed by atoms with Gasteiger partial charge < -0.3 is 4.40 Å². The Morgan fingerprint density at radius 1 is 0.525 bits per heavy atom. The average molecular weight is 513 g/mol. The van der Waals surface area contributed by atoms with Crippen molar-refractivity contribution in [3.05, 3.63) is 137 Å². The molecule has 8 aromatic rings. The molecule has 188 valence electrons. The predicted molar refractivity (Wildman–Crippen MR) is 167 cm³/mol. The quantitative estimate of drug-likeness (QED) is 0.227. The van der Waals surface area contributed by atoms with Crippen molar-refractivity contribution >= 4 is 49.7 Å². The summed E-state index contributed by atoms with van der Waals surface area (Å²) >= 11 is 0. The van der Waals surface area contributed by atoms with Crippen LogP contribution in [-0.2, 0) is 6.42 Å². The van der Waals surface area contributed by atoms with Crippen LogP contribution in [0.5, 0.6) is 0 Å². The smallest absolute Gasteiger partial charge is 0.260 e. The topological polar surface area (TPSA) is 25.9 Å². The second-order valence-corrected chi connectivity index (χ2v) is 10.8. The number of rotatable bonds is 2. The van der Waals surface area contributed by atoms with Gasteiger partial charge in [0, 0.05) is 27.1 Å². The van der Waals surface area contributed by atoms with Crippen molar-refractivity contribution < 1.29 is 0 Å². The number of hydrogen-bond donors (Lipinski definition) is 0. The highest BCUT2D eigenvalue weighted by Gasteiger charge is 2.24. The maximum atomic E-state index is 14.4. The molecule has 0 spiro atoms. The Bertz CT molecular complexity index is 2370. The zero-order valence-electron chi connectivity index (χ0n) is 21.8. The van der Waals surface area contributed by atoms with Gasteiger partial charge in [0.2, 0.25) is 0 Å². The van der Waals surface area contributed by atoms with Gasteiger partial charge in [-0.2, -0.15) is 0 Å². The summed E-state index contributed by atoms with van der Waals surface area (Å²) in [5.41, 5.74) is 10.9. The first-order chi connectivity index (χ1) is 19.8. The fourth-order valence-electron chi connectivity index (χ4n) is 6.90. The van der Waals surface area contributed by atoms with Crippen LogP contribution in [-0.4, -0.2) is 8.80 Å². The minimum atomic E-state index is 0.0945. The minimum absolute atomic E-state index is 0.0945. The lowest BCUT2D eigenvalue weighted by Crippen LogP contribution is -2.17. The lowest BCUT2D eigenvalue weighted by atomic mass is 10.0. The largest absolute Gasteiger partial charge is 0.307 e. The number of hydrogen-bond acceptors (Lipinski definition) is 1. The van der Waals surface area contributed by atoms with Crippen LogP contribution in [0, 0.1) is 0 Å². The molecular formula is C37H24N2O. The Kier molecular flexibility index (Phi) is 4.31. The normalized spacial score (nSPS) is 13.3. The molecule has 0 radical (unpaired) electrons. The summed E-state index contributed by atoms with van der Waals surface area (Å²) in [6.07, 6.45) is 5.97. The highest BCUT2D eigenvalue weighted by molar-refractivity contribution is 6.23. The van der Waals surface area contributed by atoms with Gasteiger partial charge in [0.15, 0.2) is 0 Å². The Hall–Kier alpha value is -5.15. The lowest BCUT2D eigenvalue weighted by Gasteiger charge is -2.09. The van der Waals surface area contributed by atoms with Crippen molar-refractivity contribution in [3.8, 4) is 22.3 Å². The number of nitrogens with zero attached hydrogens (tertiary/aromatic N) is 2. The van der Waals surface area contributed by atoms with Crippen LogP contribution in [0.3, 0.4) is 0 Å². The fourth-order valence-corrected chi connectivity index (χ4v) is 6.90. The van der Waals surface area contributed by atoms with E-state index >= 15 is 0 Å². The molecule has 3 aromatic heterocycles. The summed E-state index contributed by atoms with van der Waals surface area (Å²) in [5.74, 6) is 0. The van der Waals surface area contributed by atoms with Crippen LogP contribution >= 0.6 is 0 Å². The van der Waals surface area contributed by atoms with E-state index in [0.717, 1.165) is 62.5 Å². The van der Waals surface area contributed by atoms with E-state index < -0.39 is 0 Å². The first-order valence-corrected chi connectivity index (χ1v) is 13.9. The number of aromatic nitrogens is 2. The Morgan fingerprint density at radius 2 is 1.07 bits per heavy atom. The van der Waals surface area contributed by atoms with Crippen molar-refractivity contribution in [2.45, 2.75) is 12.8 Å². The van der Waals surface area contributed by atoms with Gasteiger partial charge in [0.25, 0.3) is 5.56 Å². The molecule has 0 saturated heterocycles. The highest BCUT2D eigenvalue weighted by Crippen LogP contribution is 2.41. The molecular weight excluding hydrogens is 488 g/mol. The summed E-state index contributed by atoms with van der Waals surface area (Å²) in [4.78, 5) is 14.4. The zero-order chi connectivity index (χ0) is 26.4. The molecule has 1 aliphatic carbocycles. The third-order valence-corrected chi connectivity index (χ3v) is 8.72. The van der Waals surface area contributed by atoms with E-state index in [9.17, 15) is 4.79 Å². The Balaban J connectivity index is 1.49. The van der Waals surface area contributed by atoms with Gasteiger partial charge in [-0.25, -0.2) is 0 Å². The molecule has 0 saturated carbocycles. The molecule has 0 bridgehead atoms. The van der Waals surface area contributed by atoms with Gasteiger partial charge in [0.05, 0.1) is 27.8 Å². The van der Waals surface area contributed by atoms with Crippen LogP contribution in [0.2, 0.25) is 0 Å². The van der Waals surface area contributed by atoms with Crippen LogP contribution in [0.4, 0.5) is 0 Å². The molecule has 3 heterocycles. The van der Waals surface area contributed by atoms with E-state index in [1.165, 1.54) is 27.5 Å².